The number of benzene rings is 1. The van der Waals surface area contributed by atoms with E-state index in [4.69, 9.17) is 5.73 Å². The van der Waals surface area contributed by atoms with Gasteiger partial charge < -0.3 is 15.5 Å². The van der Waals surface area contributed by atoms with E-state index in [2.05, 4.69) is 47.9 Å². The van der Waals surface area contributed by atoms with Gasteiger partial charge in [0.2, 0.25) is 0 Å². The quantitative estimate of drug-likeness (QED) is 0.924. The highest BCUT2D eigenvalue weighted by Crippen LogP contribution is 2.40. The lowest BCUT2D eigenvalue weighted by Crippen LogP contribution is -2.46. The fourth-order valence-corrected chi connectivity index (χ4v) is 4.04. The van der Waals surface area contributed by atoms with Gasteiger partial charge in [-0.25, -0.2) is 0 Å². The molecule has 0 aliphatic carbocycles. The zero-order valence-electron chi connectivity index (χ0n) is 13.5. The van der Waals surface area contributed by atoms with Gasteiger partial charge >= 0.3 is 0 Å². The summed E-state index contributed by atoms with van der Waals surface area (Å²) in [6.45, 7) is 9.05. The van der Waals surface area contributed by atoms with Crippen molar-refractivity contribution in [3.05, 3.63) is 29.8 Å². The van der Waals surface area contributed by atoms with Crippen LogP contribution in [-0.2, 0) is 0 Å². The first-order valence-electron chi connectivity index (χ1n) is 8.50. The Kier molecular flexibility index (Phi) is 4.51. The monoisotopic (exact) mass is 287 g/mol. The maximum atomic E-state index is 5.82. The van der Waals surface area contributed by atoms with E-state index in [1.807, 2.05) is 0 Å². The molecule has 0 radical (unpaired) electrons. The van der Waals surface area contributed by atoms with Crippen LogP contribution in [0.3, 0.4) is 0 Å². The number of nitrogens with two attached hydrogens (primary N) is 1. The molecule has 0 bridgehead atoms. The third kappa shape index (κ3) is 2.95. The van der Waals surface area contributed by atoms with Gasteiger partial charge in [-0.1, -0.05) is 18.2 Å². The van der Waals surface area contributed by atoms with Gasteiger partial charge in [-0.2, -0.15) is 0 Å². The highest BCUT2D eigenvalue weighted by Gasteiger charge is 2.33. The smallest absolute Gasteiger partial charge is 0.0405 e. The lowest BCUT2D eigenvalue weighted by atomic mass is 9.98. The minimum atomic E-state index is 0.634. The number of hydrogen-bond donors (Lipinski definition) is 1. The van der Waals surface area contributed by atoms with E-state index in [0.29, 0.717) is 18.0 Å². The first-order valence-corrected chi connectivity index (χ1v) is 8.50. The van der Waals surface area contributed by atoms with Crippen molar-refractivity contribution < 1.29 is 0 Å². The molecule has 21 heavy (non-hydrogen) atoms. The fraction of sp³-hybridized carbons (Fsp3) is 0.667. The van der Waals surface area contributed by atoms with Crippen LogP contribution in [0.2, 0.25) is 0 Å². The fourth-order valence-electron chi connectivity index (χ4n) is 4.04. The van der Waals surface area contributed by atoms with Crippen LogP contribution in [0, 0.1) is 0 Å². The van der Waals surface area contributed by atoms with Gasteiger partial charge in [-0.3, -0.25) is 0 Å². The molecule has 1 atom stereocenters. The first-order chi connectivity index (χ1) is 10.2. The number of para-hydroxylation sites is 1. The van der Waals surface area contributed by atoms with E-state index in [1.165, 1.54) is 43.7 Å². The van der Waals surface area contributed by atoms with Crippen molar-refractivity contribution >= 4 is 5.69 Å². The molecule has 116 valence electrons. The maximum absolute atomic E-state index is 5.82. The second-order valence-electron chi connectivity index (χ2n) is 6.85. The normalized spacial score (nSPS) is 23.8. The molecule has 0 saturated carbocycles. The minimum absolute atomic E-state index is 0.634. The van der Waals surface area contributed by atoms with Crippen molar-refractivity contribution in [2.45, 2.75) is 51.1 Å². The third-order valence-electron chi connectivity index (χ3n) is 5.29. The van der Waals surface area contributed by atoms with Gasteiger partial charge in [0, 0.05) is 43.3 Å². The standard InChI is InChI=1S/C18H29N3/c1-14(2)20-11-8-16(9-12-20)21-13-15(7-10-19)17-5-3-4-6-18(17)21/h3-6,14-16H,7-13,19H2,1-2H3. The molecule has 0 spiro atoms. The molecular formula is C18H29N3. The van der Waals surface area contributed by atoms with Crippen LogP contribution >= 0.6 is 0 Å². The highest BCUT2D eigenvalue weighted by atomic mass is 15.2. The summed E-state index contributed by atoms with van der Waals surface area (Å²) < 4.78 is 0. The molecule has 2 aliphatic heterocycles. The van der Waals surface area contributed by atoms with Gasteiger partial charge in [-0.15, -0.1) is 0 Å². The van der Waals surface area contributed by atoms with Crippen molar-refractivity contribution in [3.63, 3.8) is 0 Å². The molecule has 1 unspecified atom stereocenters. The first kappa shape index (κ1) is 14.9. The van der Waals surface area contributed by atoms with Crippen LogP contribution in [0.1, 0.15) is 44.6 Å². The molecule has 3 heteroatoms. The van der Waals surface area contributed by atoms with Crippen molar-refractivity contribution in [2.75, 3.05) is 31.1 Å². The van der Waals surface area contributed by atoms with Gasteiger partial charge in [0.25, 0.3) is 0 Å². The van der Waals surface area contributed by atoms with Crippen LogP contribution in [0.25, 0.3) is 0 Å². The Morgan fingerprint density at radius 1 is 1.19 bits per heavy atom. The van der Waals surface area contributed by atoms with Crippen LogP contribution in [0.5, 0.6) is 0 Å². The molecule has 1 fully saturated rings. The summed E-state index contributed by atoms with van der Waals surface area (Å²) in [5.41, 5.74) is 8.81. The van der Waals surface area contributed by atoms with Gasteiger partial charge in [0.1, 0.15) is 0 Å². The maximum Gasteiger partial charge on any atom is 0.0405 e. The number of likely N-dealkylation sites (tertiary alicyclic amines) is 1. The van der Waals surface area contributed by atoms with Crippen molar-refractivity contribution in [3.8, 4) is 0 Å². The van der Waals surface area contributed by atoms with Crippen molar-refractivity contribution in [1.82, 2.24) is 4.90 Å². The molecule has 0 aromatic heterocycles. The molecule has 0 amide bonds. The summed E-state index contributed by atoms with van der Waals surface area (Å²) in [6, 6.07) is 10.4. The van der Waals surface area contributed by atoms with Gasteiger partial charge in [-0.05, 0) is 51.3 Å². The van der Waals surface area contributed by atoms with Crippen LogP contribution < -0.4 is 10.6 Å². The molecule has 1 saturated heterocycles. The lowest BCUT2D eigenvalue weighted by molar-refractivity contribution is 0.170. The average molecular weight is 287 g/mol. The van der Waals surface area contributed by atoms with Crippen molar-refractivity contribution in [2.24, 2.45) is 5.73 Å². The highest BCUT2D eigenvalue weighted by molar-refractivity contribution is 5.61. The Morgan fingerprint density at radius 2 is 1.90 bits per heavy atom. The molecule has 3 nitrogen and oxygen atoms in total. The Bertz CT molecular complexity index is 463. The molecular weight excluding hydrogens is 258 g/mol. The van der Waals surface area contributed by atoms with E-state index < -0.39 is 0 Å². The summed E-state index contributed by atoms with van der Waals surface area (Å²) >= 11 is 0. The Morgan fingerprint density at radius 3 is 2.57 bits per heavy atom. The van der Waals surface area contributed by atoms with E-state index >= 15 is 0 Å². The lowest BCUT2D eigenvalue weighted by Gasteiger charge is -2.39. The Balaban J connectivity index is 1.72. The van der Waals surface area contributed by atoms with Gasteiger partial charge in [0.05, 0.1) is 0 Å². The molecule has 3 rings (SSSR count). The van der Waals surface area contributed by atoms with E-state index in [-0.39, 0.29) is 0 Å². The number of rotatable bonds is 4. The van der Waals surface area contributed by atoms with Gasteiger partial charge in [0.15, 0.2) is 0 Å². The summed E-state index contributed by atoms with van der Waals surface area (Å²) in [4.78, 5) is 5.28. The van der Waals surface area contributed by atoms with E-state index in [9.17, 15) is 0 Å². The van der Waals surface area contributed by atoms with E-state index in [1.54, 1.807) is 0 Å². The molecule has 1 aromatic rings. The SMILES string of the molecule is CC(C)N1CCC(N2CC(CCN)c3ccccc32)CC1. The zero-order valence-corrected chi connectivity index (χ0v) is 13.5. The van der Waals surface area contributed by atoms with Crippen molar-refractivity contribution in [1.29, 1.82) is 0 Å². The molecule has 1 aromatic carbocycles. The zero-order chi connectivity index (χ0) is 14.8. The Hall–Kier alpha value is -1.06. The number of fused-ring (bicyclic) bond motifs is 1. The number of anilines is 1. The predicted octanol–water partition coefficient (Wildman–Crippen LogP) is 2.81. The topological polar surface area (TPSA) is 32.5 Å². The number of piperidine rings is 1. The number of hydrogen-bond acceptors (Lipinski definition) is 3. The second kappa shape index (κ2) is 6.37. The van der Waals surface area contributed by atoms with Crippen LogP contribution in [0.15, 0.2) is 24.3 Å². The van der Waals surface area contributed by atoms with Crippen LogP contribution in [0.4, 0.5) is 5.69 Å². The molecule has 2 heterocycles. The van der Waals surface area contributed by atoms with Crippen LogP contribution in [-0.4, -0.2) is 43.2 Å². The Labute approximate surface area is 129 Å². The minimum Gasteiger partial charge on any atom is -0.368 e. The second-order valence-corrected chi connectivity index (χ2v) is 6.85. The summed E-state index contributed by atoms with van der Waals surface area (Å²) in [5, 5.41) is 0. The number of nitrogens with zero attached hydrogens (tertiary/aromatic N) is 2. The largest absolute Gasteiger partial charge is 0.368 e. The summed E-state index contributed by atoms with van der Waals surface area (Å²) in [5.74, 6) is 0.634. The summed E-state index contributed by atoms with van der Waals surface area (Å²) in [7, 11) is 0. The molecule has 2 aliphatic rings. The average Bonchev–Trinajstić information content (AvgIpc) is 2.87. The third-order valence-corrected chi connectivity index (χ3v) is 5.29. The summed E-state index contributed by atoms with van der Waals surface area (Å²) in [6.07, 6.45) is 3.70. The molecule has 2 N–H and O–H groups in total. The predicted molar refractivity (Wildman–Crippen MR) is 89.9 cm³/mol. The van der Waals surface area contributed by atoms with E-state index in [0.717, 1.165) is 13.0 Å².